The van der Waals surface area contributed by atoms with Gasteiger partial charge < -0.3 is 31.1 Å². The van der Waals surface area contributed by atoms with Crippen molar-refractivity contribution in [1.82, 2.24) is 15.5 Å². The molecule has 10 heteroatoms. The highest BCUT2D eigenvalue weighted by Crippen LogP contribution is 2.36. The maximum Gasteiger partial charge on any atom is 0.408 e. The first-order valence-corrected chi connectivity index (χ1v) is 13.4. The van der Waals surface area contributed by atoms with Crippen molar-refractivity contribution in [3.05, 3.63) is 65.7 Å². The summed E-state index contributed by atoms with van der Waals surface area (Å²) in [5.41, 5.74) is 4.68. The molecule has 0 bridgehead atoms. The van der Waals surface area contributed by atoms with E-state index in [9.17, 15) is 24.3 Å². The third-order valence-electron chi connectivity index (χ3n) is 6.47. The van der Waals surface area contributed by atoms with E-state index in [0.29, 0.717) is 6.42 Å². The van der Waals surface area contributed by atoms with Crippen LogP contribution in [0.15, 0.2) is 54.6 Å². The summed E-state index contributed by atoms with van der Waals surface area (Å²) in [7, 11) is 0. The number of para-hydroxylation sites is 1. The van der Waals surface area contributed by atoms with Crippen LogP contribution in [-0.2, 0) is 25.7 Å². The molecule has 0 saturated carbocycles. The minimum atomic E-state index is -1.26. The molecule has 5 N–H and O–H groups in total. The van der Waals surface area contributed by atoms with Crippen molar-refractivity contribution in [2.75, 3.05) is 0 Å². The molecule has 0 fully saturated rings. The lowest BCUT2D eigenvalue weighted by Gasteiger charge is -2.44. The summed E-state index contributed by atoms with van der Waals surface area (Å²) in [5, 5.41) is 16.3. The lowest BCUT2D eigenvalue weighted by Crippen LogP contribution is -2.59. The van der Waals surface area contributed by atoms with Gasteiger partial charge in [-0.15, -0.1) is 0 Å². The summed E-state index contributed by atoms with van der Waals surface area (Å²) in [4.78, 5) is 53.9. The van der Waals surface area contributed by atoms with E-state index < -0.39 is 47.0 Å². The smallest absolute Gasteiger partial charge is 0.408 e. The van der Waals surface area contributed by atoms with Crippen molar-refractivity contribution in [1.29, 1.82) is 0 Å². The van der Waals surface area contributed by atoms with Gasteiger partial charge in [0.05, 0.1) is 0 Å². The third kappa shape index (κ3) is 9.29. The second kappa shape index (κ2) is 13.8. The molecule has 2 aromatic carbocycles. The predicted molar refractivity (Wildman–Crippen MR) is 152 cm³/mol. The Bertz CT molecular complexity index is 1180. The number of alkyl carbamates (subject to hydrolysis) is 1. The number of hydrogen-bond donors (Lipinski definition) is 4. The fourth-order valence-corrected chi connectivity index (χ4v) is 4.11. The Labute approximate surface area is 236 Å². The Morgan fingerprint density at radius 2 is 1.57 bits per heavy atom. The number of amides is 4. The molecule has 0 aliphatic carbocycles. The number of nitrogens with one attached hydrogen (secondary N) is 2. The van der Waals surface area contributed by atoms with Crippen molar-refractivity contribution < 1.29 is 29.0 Å². The van der Waals surface area contributed by atoms with Crippen molar-refractivity contribution >= 4 is 23.8 Å². The molecule has 0 aliphatic rings. The SMILES string of the molecule is CCC(C)(C)N(C(=O)C(CCC(N)=O)NC(=O)OC(C)(C)C)C(C(=O)NCc1ccccc1)c1ccccc1O. The monoisotopic (exact) mass is 554 g/mol. The highest BCUT2D eigenvalue weighted by Gasteiger charge is 2.43. The van der Waals surface area contributed by atoms with Crippen LogP contribution in [0.2, 0.25) is 0 Å². The van der Waals surface area contributed by atoms with Crippen molar-refractivity contribution in [3.8, 4) is 5.75 Å². The summed E-state index contributed by atoms with van der Waals surface area (Å²) in [5.74, 6) is -1.96. The molecule has 2 atom stereocenters. The van der Waals surface area contributed by atoms with Gasteiger partial charge in [-0.1, -0.05) is 55.5 Å². The normalized spacial score (nSPS) is 13.1. The lowest BCUT2D eigenvalue weighted by atomic mass is 9.91. The zero-order valence-electron chi connectivity index (χ0n) is 24.2. The minimum absolute atomic E-state index is 0.108. The standard InChI is InChI=1S/C30H42N4O6/c1-7-30(5,6)34(27(38)22(17-18-24(31)36)33-28(39)40-29(2,3)4)25(21-15-11-12-16-23(21)35)26(37)32-19-20-13-9-8-10-14-20/h8-16,22,25,35H,7,17-19H2,1-6H3,(H2,31,36)(H,32,37)(H,33,39). The van der Waals surface area contributed by atoms with Gasteiger partial charge in [0, 0.05) is 24.1 Å². The summed E-state index contributed by atoms with van der Waals surface area (Å²) in [6.07, 6.45) is -0.710. The van der Waals surface area contributed by atoms with Gasteiger partial charge in [-0.05, 0) is 59.1 Å². The average Bonchev–Trinajstić information content (AvgIpc) is 2.87. The molecular weight excluding hydrogens is 512 g/mol. The van der Waals surface area contributed by atoms with Crippen LogP contribution in [0.3, 0.4) is 0 Å². The molecule has 4 amide bonds. The first-order chi connectivity index (χ1) is 18.7. The van der Waals surface area contributed by atoms with Crippen molar-refractivity contribution in [3.63, 3.8) is 0 Å². The molecule has 0 radical (unpaired) electrons. The number of phenols is 1. The van der Waals surface area contributed by atoms with Gasteiger partial charge in [0.2, 0.25) is 17.7 Å². The average molecular weight is 555 g/mol. The van der Waals surface area contributed by atoms with Crippen LogP contribution < -0.4 is 16.4 Å². The third-order valence-corrected chi connectivity index (χ3v) is 6.47. The number of rotatable bonds is 12. The first-order valence-electron chi connectivity index (χ1n) is 13.4. The maximum absolute atomic E-state index is 14.3. The Morgan fingerprint density at radius 1 is 0.975 bits per heavy atom. The van der Waals surface area contributed by atoms with Crippen LogP contribution in [0.4, 0.5) is 4.79 Å². The molecule has 10 nitrogen and oxygen atoms in total. The summed E-state index contributed by atoms with van der Waals surface area (Å²) < 4.78 is 5.36. The Hall–Kier alpha value is -4.08. The Morgan fingerprint density at radius 3 is 2.12 bits per heavy atom. The quantitative estimate of drug-likeness (QED) is 0.312. The highest BCUT2D eigenvalue weighted by atomic mass is 16.6. The van der Waals surface area contributed by atoms with Crippen LogP contribution in [0.5, 0.6) is 5.75 Å². The van der Waals surface area contributed by atoms with E-state index in [4.69, 9.17) is 10.5 Å². The number of nitrogens with two attached hydrogens (primary N) is 1. The van der Waals surface area contributed by atoms with Gasteiger partial charge in [-0.3, -0.25) is 14.4 Å². The maximum atomic E-state index is 14.3. The number of carbonyl (C=O) groups is 4. The van der Waals surface area contributed by atoms with Gasteiger partial charge in [0.25, 0.3) is 0 Å². The second-order valence-electron chi connectivity index (χ2n) is 11.2. The molecule has 218 valence electrons. The van der Waals surface area contributed by atoms with E-state index in [0.717, 1.165) is 5.56 Å². The molecule has 2 rings (SSSR count). The highest BCUT2D eigenvalue weighted by molar-refractivity contribution is 5.93. The van der Waals surface area contributed by atoms with Crippen LogP contribution in [0, 0.1) is 0 Å². The summed E-state index contributed by atoms with van der Waals surface area (Å²) >= 11 is 0. The van der Waals surface area contributed by atoms with E-state index >= 15 is 0 Å². The molecule has 0 aliphatic heterocycles. The van der Waals surface area contributed by atoms with Crippen LogP contribution >= 0.6 is 0 Å². The van der Waals surface area contributed by atoms with Gasteiger partial charge in [0.1, 0.15) is 23.4 Å². The topological polar surface area (TPSA) is 151 Å². The largest absolute Gasteiger partial charge is 0.508 e. The van der Waals surface area contributed by atoms with Gasteiger partial charge in [-0.2, -0.15) is 0 Å². The Balaban J connectivity index is 2.58. The fraction of sp³-hybridized carbons (Fsp3) is 0.467. The van der Waals surface area contributed by atoms with Crippen LogP contribution in [0.1, 0.15) is 78.0 Å². The van der Waals surface area contributed by atoms with E-state index in [-0.39, 0.29) is 30.7 Å². The van der Waals surface area contributed by atoms with E-state index in [1.54, 1.807) is 52.8 Å². The van der Waals surface area contributed by atoms with Gasteiger partial charge in [0.15, 0.2) is 0 Å². The Kier molecular flexibility index (Phi) is 11.1. The van der Waals surface area contributed by atoms with Gasteiger partial charge in [-0.25, -0.2) is 4.79 Å². The van der Waals surface area contributed by atoms with Gasteiger partial charge >= 0.3 is 6.09 Å². The molecular formula is C30H42N4O6. The predicted octanol–water partition coefficient (Wildman–Crippen LogP) is 3.93. The zero-order valence-corrected chi connectivity index (χ0v) is 24.2. The van der Waals surface area contributed by atoms with E-state index in [1.165, 1.54) is 11.0 Å². The number of carbonyl (C=O) groups excluding carboxylic acids is 4. The number of primary amides is 1. The summed E-state index contributed by atoms with van der Waals surface area (Å²) in [6.45, 7) is 10.7. The van der Waals surface area contributed by atoms with E-state index in [1.807, 2.05) is 37.3 Å². The lowest BCUT2D eigenvalue weighted by molar-refractivity contribution is -0.149. The molecule has 40 heavy (non-hydrogen) atoms. The molecule has 0 spiro atoms. The number of hydrogen-bond acceptors (Lipinski definition) is 6. The van der Waals surface area contributed by atoms with Crippen LogP contribution in [0.25, 0.3) is 0 Å². The van der Waals surface area contributed by atoms with Crippen LogP contribution in [-0.4, -0.2) is 51.0 Å². The number of ether oxygens (including phenoxy) is 1. The number of nitrogens with zero attached hydrogens (tertiary/aromatic N) is 1. The van der Waals surface area contributed by atoms with Crippen molar-refractivity contribution in [2.24, 2.45) is 5.73 Å². The molecule has 2 aromatic rings. The number of phenolic OH excluding ortho intramolecular Hbond substituents is 1. The summed E-state index contributed by atoms with van der Waals surface area (Å²) in [6, 6.07) is 13.1. The fourth-order valence-electron chi connectivity index (χ4n) is 4.11. The van der Waals surface area contributed by atoms with E-state index in [2.05, 4.69) is 10.6 Å². The molecule has 0 aromatic heterocycles. The molecule has 0 heterocycles. The second-order valence-corrected chi connectivity index (χ2v) is 11.2. The molecule has 0 saturated heterocycles. The zero-order chi connectivity index (χ0) is 30.1. The van der Waals surface area contributed by atoms with Crippen molar-refractivity contribution in [2.45, 2.75) is 90.6 Å². The number of aromatic hydroxyl groups is 1. The number of benzene rings is 2. The first kappa shape index (κ1) is 32.1. The minimum Gasteiger partial charge on any atom is -0.508 e. The molecule has 2 unspecified atom stereocenters.